The van der Waals surface area contributed by atoms with Gasteiger partial charge in [0.25, 0.3) is 5.43 Å². The van der Waals surface area contributed by atoms with E-state index in [2.05, 4.69) is 13.8 Å². The van der Waals surface area contributed by atoms with E-state index in [1.165, 1.54) is 18.3 Å². The molecular weight excluding hydrogens is 368 g/mol. The molecule has 7 heteroatoms. The van der Waals surface area contributed by atoms with Gasteiger partial charge in [-0.25, -0.2) is 0 Å². The predicted molar refractivity (Wildman–Crippen MR) is 105 cm³/mol. The van der Waals surface area contributed by atoms with Crippen LogP contribution in [-0.2, 0) is 0 Å². The first-order chi connectivity index (χ1) is 10.8. The second-order valence-electron chi connectivity index (χ2n) is 5.51. The van der Waals surface area contributed by atoms with Crippen molar-refractivity contribution < 1.29 is 4.74 Å². The number of thioether (sulfide) groups is 4. The van der Waals surface area contributed by atoms with Gasteiger partial charge in [-0.05, 0) is 44.4 Å². The molecule has 122 valence electrons. The quantitative estimate of drug-likeness (QED) is 0.672. The molecule has 0 aromatic heterocycles. The number of hydrogen-bond donors (Lipinski definition) is 0. The van der Waals surface area contributed by atoms with Crippen LogP contribution in [0.25, 0.3) is 4.91 Å². The fraction of sp³-hybridized carbons (Fsp3) is 0.375. The molecule has 1 aromatic carbocycles. The molecule has 0 aliphatic carbocycles. The third kappa shape index (κ3) is 3.08. The zero-order valence-electron chi connectivity index (χ0n) is 13.4. The molecule has 23 heavy (non-hydrogen) atoms. The van der Waals surface area contributed by atoms with Crippen molar-refractivity contribution in [1.29, 1.82) is 0 Å². The maximum Gasteiger partial charge on any atom is 0.268 e. The minimum atomic E-state index is -0.501. The topological polar surface area (TPSA) is 43.4 Å². The molecule has 0 radical (unpaired) electrons. The van der Waals surface area contributed by atoms with E-state index in [0.717, 1.165) is 9.81 Å². The van der Waals surface area contributed by atoms with E-state index in [1.807, 2.05) is 20.8 Å². The molecule has 0 fully saturated rings. The molecule has 0 bridgehead atoms. The lowest BCUT2D eigenvalue weighted by atomic mass is 10.1. The van der Waals surface area contributed by atoms with Crippen molar-refractivity contribution in [3.05, 3.63) is 49.2 Å². The molecule has 2 aliphatic heterocycles. The van der Waals surface area contributed by atoms with E-state index >= 15 is 0 Å². The molecule has 1 aromatic rings. The Labute approximate surface area is 152 Å². The van der Waals surface area contributed by atoms with Crippen molar-refractivity contribution in [3.8, 4) is 5.75 Å². The maximum atomic E-state index is 12.0. The fourth-order valence-electron chi connectivity index (χ4n) is 2.13. The lowest BCUT2D eigenvalue weighted by Gasteiger charge is -2.15. The van der Waals surface area contributed by atoms with Crippen LogP contribution in [0.3, 0.4) is 0 Å². The van der Waals surface area contributed by atoms with E-state index in [1.54, 1.807) is 47.0 Å². The molecule has 0 saturated heterocycles. The molecule has 0 spiro atoms. The summed E-state index contributed by atoms with van der Waals surface area (Å²) in [5, 5.41) is 0. The summed E-state index contributed by atoms with van der Waals surface area (Å²) in [6.07, 6.45) is -0.120. The van der Waals surface area contributed by atoms with E-state index in [9.17, 15) is 9.59 Å². The second kappa shape index (κ2) is 6.43. The van der Waals surface area contributed by atoms with Crippen LogP contribution in [0.5, 0.6) is 5.75 Å². The molecule has 3 nitrogen and oxygen atoms in total. The number of rotatable bonds is 3. The largest absolute Gasteiger partial charge is 0.486 e. The first kappa shape index (κ1) is 17.3. The Morgan fingerprint density at radius 1 is 0.783 bits per heavy atom. The van der Waals surface area contributed by atoms with Crippen molar-refractivity contribution in [3.63, 3.8) is 0 Å². The molecule has 0 amide bonds. The van der Waals surface area contributed by atoms with Gasteiger partial charge in [0.2, 0.25) is 5.43 Å². The van der Waals surface area contributed by atoms with Crippen LogP contribution in [0.4, 0.5) is 0 Å². The molecule has 0 N–H and O–H groups in total. The van der Waals surface area contributed by atoms with Crippen molar-refractivity contribution in [2.24, 2.45) is 0 Å². The minimum Gasteiger partial charge on any atom is -0.486 e. The van der Waals surface area contributed by atoms with Crippen LogP contribution in [0.2, 0.25) is 0 Å². The van der Waals surface area contributed by atoms with Gasteiger partial charge in [-0.15, -0.1) is 0 Å². The normalized spacial score (nSPS) is 19.0. The van der Waals surface area contributed by atoms with Gasteiger partial charge in [0, 0.05) is 9.81 Å². The molecule has 0 saturated carbocycles. The molecule has 2 aliphatic rings. The number of hydrogen-bond acceptors (Lipinski definition) is 7. The summed E-state index contributed by atoms with van der Waals surface area (Å²) in [5.74, 6) is 0.232. The Hall–Kier alpha value is -0.500. The Kier molecular flexibility index (Phi) is 4.84. The molecule has 0 atom stereocenters. The molecule has 2 heterocycles. The van der Waals surface area contributed by atoms with Crippen molar-refractivity contribution in [1.82, 2.24) is 0 Å². The zero-order valence-corrected chi connectivity index (χ0v) is 16.7. The second-order valence-corrected chi connectivity index (χ2v) is 10.7. The fourth-order valence-corrected chi connectivity index (χ4v) is 7.61. The number of allylic oxidation sites excluding steroid dienone is 3. The van der Waals surface area contributed by atoms with Crippen LogP contribution in [0, 0.1) is 0 Å². The number of ether oxygens (including phenoxy) is 1. The highest BCUT2D eigenvalue weighted by Crippen LogP contribution is 2.61. The van der Waals surface area contributed by atoms with E-state index < -0.39 is 10.9 Å². The van der Waals surface area contributed by atoms with Crippen LogP contribution in [0.15, 0.2) is 32.8 Å². The zero-order chi connectivity index (χ0) is 16.9. The Morgan fingerprint density at radius 3 is 1.87 bits per heavy atom. The lowest BCUT2D eigenvalue weighted by molar-refractivity contribution is 0.236. The van der Waals surface area contributed by atoms with Gasteiger partial charge in [0.15, 0.2) is 5.75 Å². The maximum absolute atomic E-state index is 12.0. The molecule has 3 rings (SSSR count). The van der Waals surface area contributed by atoms with Gasteiger partial charge in [-0.1, -0.05) is 47.0 Å². The first-order valence-corrected chi connectivity index (χ1v) is 10.4. The van der Waals surface area contributed by atoms with Crippen molar-refractivity contribution in [2.45, 2.75) is 40.7 Å². The lowest BCUT2D eigenvalue weighted by Crippen LogP contribution is -2.37. The average Bonchev–Trinajstić information content (AvgIpc) is 3.01. The van der Waals surface area contributed by atoms with Crippen molar-refractivity contribution >= 4 is 52.0 Å². The van der Waals surface area contributed by atoms with Crippen LogP contribution in [-0.4, -0.2) is 6.10 Å². The van der Waals surface area contributed by atoms with E-state index in [4.69, 9.17) is 4.74 Å². The summed E-state index contributed by atoms with van der Waals surface area (Å²) >= 11 is 6.82. The summed E-state index contributed by atoms with van der Waals surface area (Å²) in [5.41, 5.74) is -0.464. The summed E-state index contributed by atoms with van der Waals surface area (Å²) < 4.78 is 8.00. The highest BCUT2D eigenvalue weighted by molar-refractivity contribution is 8.35. The average molecular weight is 385 g/mol. The Balaban J connectivity index is 1.91. The third-order valence-corrected chi connectivity index (χ3v) is 9.14. The van der Waals surface area contributed by atoms with Gasteiger partial charge in [-0.3, -0.25) is 9.59 Å². The highest BCUT2D eigenvalue weighted by Gasteiger charge is 2.33. The monoisotopic (exact) mass is 384 g/mol. The van der Waals surface area contributed by atoms with Crippen LogP contribution in [0.1, 0.15) is 40.2 Å². The molecule has 0 unspecified atom stereocenters. The smallest absolute Gasteiger partial charge is 0.268 e. The summed E-state index contributed by atoms with van der Waals surface area (Å²) in [7, 11) is 0. The van der Waals surface area contributed by atoms with Gasteiger partial charge in [-0.2, -0.15) is 0 Å². The predicted octanol–water partition coefficient (Wildman–Crippen LogP) is 5.10. The van der Waals surface area contributed by atoms with E-state index in [-0.39, 0.29) is 11.9 Å². The van der Waals surface area contributed by atoms with Crippen LogP contribution >= 0.6 is 47.0 Å². The van der Waals surface area contributed by atoms with E-state index in [0.29, 0.717) is 5.56 Å². The van der Waals surface area contributed by atoms with Gasteiger partial charge >= 0.3 is 0 Å². The SMILES string of the molecule is CC1=C(C)SC(=C2SC(C)=C(c3c(OC(C)C)c(=O)c3=O)S2)S1. The van der Waals surface area contributed by atoms with Crippen molar-refractivity contribution in [2.75, 3.05) is 0 Å². The summed E-state index contributed by atoms with van der Waals surface area (Å²) in [6, 6.07) is 0. The van der Waals surface area contributed by atoms with Crippen LogP contribution < -0.4 is 15.6 Å². The molecular formula is C16H16O3S4. The summed E-state index contributed by atoms with van der Waals surface area (Å²) in [4.78, 5) is 28.4. The summed E-state index contributed by atoms with van der Waals surface area (Å²) in [6.45, 7) is 9.95. The minimum absolute atomic E-state index is 0.120. The van der Waals surface area contributed by atoms with Gasteiger partial charge < -0.3 is 4.74 Å². The first-order valence-electron chi connectivity index (χ1n) is 7.14. The van der Waals surface area contributed by atoms with Gasteiger partial charge in [0.1, 0.15) is 0 Å². The van der Waals surface area contributed by atoms with Gasteiger partial charge in [0.05, 0.1) is 20.1 Å². The highest BCUT2D eigenvalue weighted by atomic mass is 32.2. The standard InChI is InChI=1S/C16H16O3S4/c1-6(2)19-13-10(11(17)12(13)18)14-9(5)22-16(23-14)15-20-7(3)8(4)21-15/h6H,1-5H3. The Bertz CT molecular complexity index is 835. The Morgan fingerprint density at radius 2 is 1.30 bits per heavy atom. The third-order valence-electron chi connectivity index (χ3n) is 3.36.